The Labute approximate surface area is 92.3 Å². The van der Waals surface area contributed by atoms with Crippen molar-refractivity contribution < 1.29 is 0 Å². The van der Waals surface area contributed by atoms with Crippen LogP contribution in [0.15, 0.2) is 12.3 Å². The molecule has 1 aromatic rings. The molecule has 0 atom stereocenters. The molecule has 0 unspecified atom stereocenters. The summed E-state index contributed by atoms with van der Waals surface area (Å²) < 4.78 is 1.85. The predicted molar refractivity (Wildman–Crippen MR) is 62.7 cm³/mol. The second kappa shape index (κ2) is 6.58. The first-order valence-corrected chi connectivity index (χ1v) is 5.67. The zero-order valence-corrected chi connectivity index (χ0v) is 10.0. The molecule has 0 saturated carbocycles. The first-order valence-electron chi connectivity index (χ1n) is 5.67. The lowest BCUT2D eigenvalue weighted by Gasteiger charge is -2.19. The zero-order valence-electron chi connectivity index (χ0n) is 10.0. The van der Waals surface area contributed by atoms with Crippen LogP contribution >= 0.6 is 0 Å². The quantitative estimate of drug-likeness (QED) is 0.677. The van der Waals surface area contributed by atoms with Crippen molar-refractivity contribution in [3.05, 3.63) is 18.0 Å². The van der Waals surface area contributed by atoms with Gasteiger partial charge in [-0.1, -0.05) is 13.8 Å². The number of rotatable bonds is 7. The number of aromatic nitrogens is 2. The van der Waals surface area contributed by atoms with Gasteiger partial charge in [-0.2, -0.15) is 5.10 Å². The van der Waals surface area contributed by atoms with Gasteiger partial charge in [0.25, 0.3) is 0 Å². The van der Waals surface area contributed by atoms with E-state index >= 15 is 0 Å². The Kier molecular flexibility index (Phi) is 5.36. The number of hydrogen-bond donors (Lipinski definition) is 1. The fourth-order valence-corrected chi connectivity index (χ4v) is 1.54. The highest BCUT2D eigenvalue weighted by atomic mass is 15.3. The summed E-state index contributed by atoms with van der Waals surface area (Å²) in [6.45, 7) is 9.52. The molecular formula is C11H22N4. The lowest BCUT2D eigenvalue weighted by Crippen LogP contribution is -2.31. The smallest absolute Gasteiger partial charge is 0.0764 e. The molecule has 0 aliphatic carbocycles. The normalized spacial score (nSPS) is 11.2. The third-order valence-corrected chi connectivity index (χ3v) is 2.46. The van der Waals surface area contributed by atoms with Crippen molar-refractivity contribution in [3.8, 4) is 0 Å². The Bertz CT molecular complexity index is 269. The topological polar surface area (TPSA) is 33.1 Å². The van der Waals surface area contributed by atoms with E-state index in [1.807, 2.05) is 17.9 Å². The largest absolute Gasteiger partial charge is 0.316 e. The van der Waals surface area contributed by atoms with E-state index in [1.54, 1.807) is 0 Å². The average Bonchev–Trinajstić information content (AvgIpc) is 2.63. The Hall–Kier alpha value is -0.870. The van der Waals surface area contributed by atoms with Crippen LogP contribution in [-0.2, 0) is 13.6 Å². The summed E-state index contributed by atoms with van der Waals surface area (Å²) in [7, 11) is 1.96. The standard InChI is InChI=1S/C11H22N4/c1-4-12-7-9-15(5-2)10-11-6-8-14(3)13-11/h6,8,12H,4-5,7,9-10H2,1-3H3. The van der Waals surface area contributed by atoms with Gasteiger partial charge in [-0.15, -0.1) is 0 Å². The second-order valence-corrected chi connectivity index (χ2v) is 3.70. The van der Waals surface area contributed by atoms with Crippen molar-refractivity contribution >= 4 is 0 Å². The molecule has 1 aromatic heterocycles. The summed E-state index contributed by atoms with van der Waals surface area (Å²) in [4.78, 5) is 2.39. The maximum absolute atomic E-state index is 4.38. The lowest BCUT2D eigenvalue weighted by atomic mass is 10.3. The van der Waals surface area contributed by atoms with Gasteiger partial charge < -0.3 is 5.32 Å². The molecule has 0 bridgehead atoms. The summed E-state index contributed by atoms with van der Waals surface area (Å²) in [6.07, 6.45) is 1.99. The average molecular weight is 210 g/mol. The van der Waals surface area contributed by atoms with E-state index in [-0.39, 0.29) is 0 Å². The first kappa shape index (κ1) is 12.2. The van der Waals surface area contributed by atoms with Crippen molar-refractivity contribution in [3.63, 3.8) is 0 Å². The molecule has 0 radical (unpaired) electrons. The molecule has 1 N–H and O–H groups in total. The van der Waals surface area contributed by atoms with Crippen LogP contribution in [-0.4, -0.2) is 40.9 Å². The fraction of sp³-hybridized carbons (Fsp3) is 0.727. The van der Waals surface area contributed by atoms with Gasteiger partial charge in [0.05, 0.1) is 5.69 Å². The fourth-order valence-electron chi connectivity index (χ4n) is 1.54. The van der Waals surface area contributed by atoms with Crippen LogP contribution in [0.4, 0.5) is 0 Å². The summed E-state index contributed by atoms with van der Waals surface area (Å²) in [5.41, 5.74) is 1.15. The maximum atomic E-state index is 4.38. The highest BCUT2D eigenvalue weighted by Crippen LogP contribution is 2.00. The number of nitrogens with zero attached hydrogens (tertiary/aromatic N) is 3. The van der Waals surface area contributed by atoms with Gasteiger partial charge in [0.15, 0.2) is 0 Å². The minimum absolute atomic E-state index is 0.947. The molecule has 4 heteroatoms. The lowest BCUT2D eigenvalue weighted by molar-refractivity contribution is 0.276. The molecule has 0 fully saturated rings. The molecule has 1 heterocycles. The van der Waals surface area contributed by atoms with Crippen molar-refractivity contribution in [1.82, 2.24) is 20.0 Å². The van der Waals surface area contributed by atoms with E-state index in [0.717, 1.165) is 38.4 Å². The zero-order chi connectivity index (χ0) is 11.1. The SMILES string of the molecule is CCNCCN(CC)Cc1ccn(C)n1. The Morgan fingerprint density at radius 1 is 1.47 bits per heavy atom. The van der Waals surface area contributed by atoms with E-state index in [2.05, 4.69) is 35.2 Å². The molecule has 0 aliphatic rings. The van der Waals surface area contributed by atoms with Gasteiger partial charge in [0.2, 0.25) is 0 Å². The van der Waals surface area contributed by atoms with Crippen LogP contribution in [0.5, 0.6) is 0 Å². The van der Waals surface area contributed by atoms with E-state index in [1.165, 1.54) is 0 Å². The van der Waals surface area contributed by atoms with Gasteiger partial charge in [-0.3, -0.25) is 9.58 Å². The third kappa shape index (κ3) is 4.44. The molecule has 0 aromatic carbocycles. The third-order valence-electron chi connectivity index (χ3n) is 2.46. The number of nitrogens with one attached hydrogen (secondary N) is 1. The van der Waals surface area contributed by atoms with Crippen LogP contribution in [0.1, 0.15) is 19.5 Å². The Morgan fingerprint density at radius 2 is 2.27 bits per heavy atom. The molecule has 0 spiro atoms. The monoisotopic (exact) mass is 210 g/mol. The number of hydrogen-bond acceptors (Lipinski definition) is 3. The van der Waals surface area contributed by atoms with E-state index < -0.39 is 0 Å². The molecule has 86 valence electrons. The number of likely N-dealkylation sites (N-methyl/N-ethyl adjacent to an activating group) is 2. The molecule has 1 rings (SSSR count). The van der Waals surface area contributed by atoms with E-state index in [9.17, 15) is 0 Å². The maximum Gasteiger partial charge on any atom is 0.0764 e. The van der Waals surface area contributed by atoms with Crippen LogP contribution in [0.25, 0.3) is 0 Å². The van der Waals surface area contributed by atoms with Crippen LogP contribution in [0.3, 0.4) is 0 Å². The highest BCUT2D eigenvalue weighted by molar-refractivity contribution is 4.98. The van der Waals surface area contributed by atoms with Crippen LogP contribution < -0.4 is 5.32 Å². The van der Waals surface area contributed by atoms with Crippen molar-refractivity contribution in [2.45, 2.75) is 20.4 Å². The summed E-state index contributed by atoms with van der Waals surface area (Å²) in [6, 6.07) is 2.08. The predicted octanol–water partition coefficient (Wildman–Crippen LogP) is 0.851. The van der Waals surface area contributed by atoms with E-state index in [0.29, 0.717) is 0 Å². The van der Waals surface area contributed by atoms with Gasteiger partial charge in [0.1, 0.15) is 0 Å². The van der Waals surface area contributed by atoms with Gasteiger partial charge >= 0.3 is 0 Å². The van der Waals surface area contributed by atoms with Crippen LogP contribution in [0.2, 0.25) is 0 Å². The molecule has 0 aliphatic heterocycles. The molecule has 15 heavy (non-hydrogen) atoms. The number of aryl methyl sites for hydroxylation is 1. The molecule has 4 nitrogen and oxygen atoms in total. The molecule has 0 amide bonds. The second-order valence-electron chi connectivity index (χ2n) is 3.70. The van der Waals surface area contributed by atoms with Gasteiger partial charge in [-0.25, -0.2) is 0 Å². The van der Waals surface area contributed by atoms with Crippen molar-refractivity contribution in [1.29, 1.82) is 0 Å². The first-order chi connectivity index (χ1) is 7.26. The van der Waals surface area contributed by atoms with Gasteiger partial charge in [-0.05, 0) is 19.2 Å². The summed E-state index contributed by atoms with van der Waals surface area (Å²) >= 11 is 0. The van der Waals surface area contributed by atoms with Crippen LogP contribution in [0, 0.1) is 0 Å². The summed E-state index contributed by atoms with van der Waals surface area (Å²) in [5.74, 6) is 0. The highest BCUT2D eigenvalue weighted by Gasteiger charge is 2.04. The summed E-state index contributed by atoms with van der Waals surface area (Å²) in [5, 5.41) is 7.72. The minimum atomic E-state index is 0.947. The molecule has 0 saturated heterocycles. The molecular weight excluding hydrogens is 188 g/mol. The Balaban J connectivity index is 2.33. The van der Waals surface area contributed by atoms with E-state index in [4.69, 9.17) is 0 Å². The minimum Gasteiger partial charge on any atom is -0.316 e. The Morgan fingerprint density at radius 3 is 2.80 bits per heavy atom. The van der Waals surface area contributed by atoms with Gasteiger partial charge in [0, 0.05) is 32.9 Å². The van der Waals surface area contributed by atoms with Crippen molar-refractivity contribution in [2.75, 3.05) is 26.2 Å². The van der Waals surface area contributed by atoms with Crippen molar-refractivity contribution in [2.24, 2.45) is 7.05 Å².